The van der Waals surface area contributed by atoms with Crippen molar-refractivity contribution in [1.82, 2.24) is 9.78 Å². The van der Waals surface area contributed by atoms with E-state index >= 15 is 0 Å². The van der Waals surface area contributed by atoms with Gasteiger partial charge in [-0.3, -0.25) is 14.6 Å². The highest BCUT2D eigenvalue weighted by Gasteiger charge is 2.15. The number of aryl methyl sites for hydroxylation is 1. The molecule has 5 heteroatoms. The summed E-state index contributed by atoms with van der Waals surface area (Å²) in [4.78, 5) is 10.9. The van der Waals surface area contributed by atoms with Crippen molar-refractivity contribution in [1.29, 1.82) is 0 Å². The Labute approximate surface area is 61.6 Å². The summed E-state index contributed by atoms with van der Waals surface area (Å²) in [6.45, 7) is 1.38. The van der Waals surface area contributed by atoms with E-state index in [0.29, 0.717) is 0 Å². The highest BCUT2D eigenvalue weighted by atomic mass is 19.3. The van der Waals surface area contributed by atoms with Crippen LogP contribution < -0.4 is 5.56 Å². The zero-order valence-electron chi connectivity index (χ0n) is 6.19. The Kier molecular flexibility index (Phi) is 1.80. The Bertz CT molecular complexity index is 313. The smallest absolute Gasteiger partial charge is 0.280 e. The Morgan fingerprint density at radius 1 is 1.55 bits per heavy atom. The van der Waals surface area contributed by atoms with Gasteiger partial charge in [0.25, 0.3) is 12.0 Å². The van der Waals surface area contributed by atoms with Crippen molar-refractivity contribution in [3.63, 3.8) is 0 Å². The molecule has 0 amide bonds. The second-order valence-electron chi connectivity index (χ2n) is 2.32. The standard InChI is InChI=1S/C6H8F2N2O/c1-3-4(5(7)8)9-10(2)6(3)11/h5,9H,1-2H3. The first kappa shape index (κ1) is 7.97. The van der Waals surface area contributed by atoms with Crippen LogP contribution >= 0.6 is 0 Å². The third-order valence-electron chi connectivity index (χ3n) is 1.54. The first-order valence-electron chi connectivity index (χ1n) is 3.07. The molecule has 11 heavy (non-hydrogen) atoms. The van der Waals surface area contributed by atoms with Crippen LogP contribution in [0.25, 0.3) is 0 Å². The van der Waals surface area contributed by atoms with Gasteiger partial charge in [-0.1, -0.05) is 0 Å². The molecule has 0 aromatic carbocycles. The molecule has 1 rings (SSSR count). The van der Waals surface area contributed by atoms with Crippen molar-refractivity contribution in [2.24, 2.45) is 7.05 Å². The van der Waals surface area contributed by atoms with E-state index in [1.54, 1.807) is 0 Å². The number of nitrogens with one attached hydrogen (secondary N) is 1. The summed E-state index contributed by atoms with van der Waals surface area (Å²) >= 11 is 0. The second-order valence-corrected chi connectivity index (χ2v) is 2.32. The monoisotopic (exact) mass is 162 g/mol. The molecular formula is C6H8F2N2O. The van der Waals surface area contributed by atoms with E-state index in [2.05, 4.69) is 5.10 Å². The van der Waals surface area contributed by atoms with Crippen LogP contribution in [-0.2, 0) is 7.05 Å². The summed E-state index contributed by atoms with van der Waals surface area (Å²) in [5.41, 5.74) is -0.611. The van der Waals surface area contributed by atoms with Crippen molar-refractivity contribution in [3.8, 4) is 0 Å². The van der Waals surface area contributed by atoms with E-state index in [1.165, 1.54) is 14.0 Å². The van der Waals surface area contributed by atoms with Gasteiger partial charge in [0, 0.05) is 12.6 Å². The zero-order valence-corrected chi connectivity index (χ0v) is 6.19. The lowest BCUT2D eigenvalue weighted by Gasteiger charge is -1.93. The largest absolute Gasteiger partial charge is 0.294 e. The third kappa shape index (κ3) is 1.18. The SMILES string of the molecule is Cc1c(C(F)F)[nH]n(C)c1=O. The fourth-order valence-corrected chi connectivity index (χ4v) is 0.895. The molecule has 0 aliphatic heterocycles. The molecule has 0 bridgehead atoms. The van der Waals surface area contributed by atoms with Gasteiger partial charge in [-0.25, -0.2) is 8.78 Å². The molecule has 0 aliphatic carbocycles. The summed E-state index contributed by atoms with van der Waals surface area (Å²) in [5, 5.41) is 2.27. The van der Waals surface area contributed by atoms with Gasteiger partial charge in [0.2, 0.25) is 0 Å². The first-order valence-corrected chi connectivity index (χ1v) is 3.07. The van der Waals surface area contributed by atoms with E-state index in [-0.39, 0.29) is 11.3 Å². The molecule has 1 heterocycles. The van der Waals surface area contributed by atoms with Crippen molar-refractivity contribution in [3.05, 3.63) is 21.6 Å². The second kappa shape index (κ2) is 2.48. The van der Waals surface area contributed by atoms with E-state index in [9.17, 15) is 13.6 Å². The number of hydrogen-bond acceptors (Lipinski definition) is 1. The average Bonchev–Trinajstić information content (AvgIpc) is 2.17. The lowest BCUT2D eigenvalue weighted by molar-refractivity contribution is 0.144. The van der Waals surface area contributed by atoms with Crippen LogP contribution in [0.1, 0.15) is 17.7 Å². The Morgan fingerprint density at radius 3 is 2.27 bits per heavy atom. The number of rotatable bonds is 1. The number of hydrogen-bond donors (Lipinski definition) is 1. The fourth-order valence-electron chi connectivity index (χ4n) is 0.895. The van der Waals surface area contributed by atoms with Crippen LogP contribution in [0.4, 0.5) is 8.78 Å². The highest BCUT2D eigenvalue weighted by Crippen LogP contribution is 2.16. The molecule has 62 valence electrons. The van der Waals surface area contributed by atoms with Gasteiger partial charge in [-0.2, -0.15) is 0 Å². The van der Waals surface area contributed by atoms with Crippen molar-refractivity contribution in [2.45, 2.75) is 13.3 Å². The Balaban J connectivity index is 3.30. The first-order chi connectivity index (χ1) is 5.04. The van der Waals surface area contributed by atoms with Gasteiger partial charge < -0.3 is 0 Å². The maximum absolute atomic E-state index is 12.0. The number of alkyl halides is 2. The molecule has 0 fully saturated rings. The van der Waals surface area contributed by atoms with Gasteiger partial charge >= 0.3 is 0 Å². The zero-order chi connectivity index (χ0) is 8.59. The minimum Gasteiger partial charge on any atom is -0.294 e. The highest BCUT2D eigenvalue weighted by molar-refractivity contribution is 5.15. The number of aromatic nitrogens is 2. The lowest BCUT2D eigenvalue weighted by Crippen LogP contribution is -2.12. The number of aromatic amines is 1. The normalized spacial score (nSPS) is 11.0. The predicted molar refractivity (Wildman–Crippen MR) is 35.7 cm³/mol. The molecular weight excluding hydrogens is 154 g/mol. The molecule has 0 saturated heterocycles. The van der Waals surface area contributed by atoms with E-state index < -0.39 is 12.0 Å². The molecule has 0 spiro atoms. The molecule has 0 unspecified atom stereocenters. The van der Waals surface area contributed by atoms with Crippen LogP contribution in [0.2, 0.25) is 0 Å². The maximum Gasteiger partial charge on any atom is 0.280 e. The maximum atomic E-state index is 12.0. The number of halogens is 2. The predicted octanol–water partition coefficient (Wildman–Crippen LogP) is 0.959. The fraction of sp³-hybridized carbons (Fsp3) is 0.500. The Morgan fingerprint density at radius 2 is 2.09 bits per heavy atom. The quantitative estimate of drug-likeness (QED) is 0.656. The summed E-state index contributed by atoms with van der Waals surface area (Å²) in [6.07, 6.45) is -2.61. The summed E-state index contributed by atoms with van der Waals surface area (Å²) in [6, 6.07) is 0. The van der Waals surface area contributed by atoms with Crippen LogP contribution in [0.15, 0.2) is 4.79 Å². The minimum absolute atomic E-state index is 0.0856. The average molecular weight is 162 g/mol. The summed E-state index contributed by atoms with van der Waals surface area (Å²) in [7, 11) is 1.40. The van der Waals surface area contributed by atoms with Crippen molar-refractivity contribution in [2.75, 3.05) is 0 Å². The number of H-pyrrole nitrogens is 1. The topological polar surface area (TPSA) is 37.8 Å². The van der Waals surface area contributed by atoms with E-state index in [0.717, 1.165) is 4.68 Å². The molecule has 1 N–H and O–H groups in total. The molecule has 0 radical (unpaired) electrons. The van der Waals surface area contributed by atoms with Crippen LogP contribution in [0.3, 0.4) is 0 Å². The molecule has 3 nitrogen and oxygen atoms in total. The van der Waals surface area contributed by atoms with Crippen molar-refractivity contribution < 1.29 is 8.78 Å². The minimum atomic E-state index is -2.61. The number of nitrogens with zero attached hydrogens (tertiary/aromatic N) is 1. The Hall–Kier alpha value is -1.13. The summed E-state index contributed by atoms with van der Waals surface area (Å²) < 4.78 is 25.1. The van der Waals surface area contributed by atoms with E-state index in [1.807, 2.05) is 0 Å². The molecule has 0 atom stereocenters. The molecule has 1 aromatic rings. The van der Waals surface area contributed by atoms with Gasteiger partial charge in [0.1, 0.15) is 5.69 Å². The van der Waals surface area contributed by atoms with Gasteiger partial charge in [-0.05, 0) is 6.92 Å². The van der Waals surface area contributed by atoms with Gasteiger partial charge in [0.15, 0.2) is 0 Å². The molecule has 0 aliphatic rings. The van der Waals surface area contributed by atoms with Crippen LogP contribution in [0, 0.1) is 6.92 Å². The molecule has 1 aromatic heterocycles. The third-order valence-corrected chi connectivity index (χ3v) is 1.54. The van der Waals surface area contributed by atoms with Gasteiger partial charge in [-0.15, -0.1) is 0 Å². The molecule has 0 saturated carbocycles. The summed E-state index contributed by atoms with van der Waals surface area (Å²) in [5.74, 6) is 0. The lowest BCUT2D eigenvalue weighted by atomic mass is 10.3. The van der Waals surface area contributed by atoms with Crippen molar-refractivity contribution >= 4 is 0 Å². The van der Waals surface area contributed by atoms with Crippen LogP contribution in [0.5, 0.6) is 0 Å². The van der Waals surface area contributed by atoms with E-state index in [4.69, 9.17) is 0 Å². The van der Waals surface area contributed by atoms with Crippen LogP contribution in [-0.4, -0.2) is 9.78 Å². The van der Waals surface area contributed by atoms with Gasteiger partial charge in [0.05, 0.1) is 0 Å².